The van der Waals surface area contributed by atoms with E-state index in [1.807, 2.05) is 6.07 Å². The van der Waals surface area contributed by atoms with Crippen molar-refractivity contribution in [1.29, 1.82) is 0 Å². The molecule has 0 bridgehead atoms. The molecule has 0 N–H and O–H groups in total. The van der Waals surface area contributed by atoms with Crippen LogP contribution in [-0.2, 0) is 6.42 Å². The van der Waals surface area contributed by atoms with Gasteiger partial charge in [0.25, 0.3) is 0 Å². The third-order valence-electron chi connectivity index (χ3n) is 3.30. The monoisotopic (exact) mass is 249 g/mol. The molecule has 3 heteroatoms. The van der Waals surface area contributed by atoms with Crippen molar-refractivity contribution in [3.05, 3.63) is 23.8 Å². The number of benzene rings is 1. The lowest BCUT2D eigenvalue weighted by molar-refractivity contribution is 0.174. The fourth-order valence-electron chi connectivity index (χ4n) is 2.30. The minimum atomic E-state index is 0.362. The standard InChI is InChI=1S/C15H23NO2/c1-3-9-16(2)10-5-4-6-13-7-8-14-15(11-13)18-12-17-14/h7-8,11H,3-6,9-10,12H2,1-2H3. The summed E-state index contributed by atoms with van der Waals surface area (Å²) in [6, 6.07) is 6.27. The molecule has 0 fully saturated rings. The number of nitrogens with zero attached hydrogens (tertiary/aromatic N) is 1. The summed E-state index contributed by atoms with van der Waals surface area (Å²) in [5.74, 6) is 1.78. The van der Waals surface area contributed by atoms with Gasteiger partial charge in [-0.3, -0.25) is 0 Å². The van der Waals surface area contributed by atoms with Crippen molar-refractivity contribution in [3.63, 3.8) is 0 Å². The van der Waals surface area contributed by atoms with Gasteiger partial charge >= 0.3 is 0 Å². The predicted octanol–water partition coefficient (Wildman–Crippen LogP) is 3.08. The number of hydrogen-bond acceptors (Lipinski definition) is 3. The molecule has 3 nitrogen and oxygen atoms in total. The van der Waals surface area contributed by atoms with Gasteiger partial charge in [0, 0.05) is 0 Å². The second-order valence-corrected chi connectivity index (χ2v) is 4.95. The Hall–Kier alpha value is -1.22. The third-order valence-corrected chi connectivity index (χ3v) is 3.30. The van der Waals surface area contributed by atoms with E-state index in [1.54, 1.807) is 0 Å². The van der Waals surface area contributed by atoms with Crippen LogP contribution in [0.3, 0.4) is 0 Å². The highest BCUT2D eigenvalue weighted by Crippen LogP contribution is 2.32. The van der Waals surface area contributed by atoms with E-state index >= 15 is 0 Å². The van der Waals surface area contributed by atoms with Crippen molar-refractivity contribution >= 4 is 0 Å². The van der Waals surface area contributed by atoms with E-state index < -0.39 is 0 Å². The molecule has 0 saturated carbocycles. The summed E-state index contributed by atoms with van der Waals surface area (Å²) in [6.45, 7) is 4.98. The first kappa shape index (κ1) is 13.2. The fourth-order valence-corrected chi connectivity index (χ4v) is 2.30. The lowest BCUT2D eigenvalue weighted by atomic mass is 10.1. The lowest BCUT2D eigenvalue weighted by Gasteiger charge is -2.14. The molecule has 100 valence electrons. The van der Waals surface area contributed by atoms with Crippen LogP contribution in [0.1, 0.15) is 31.7 Å². The molecule has 1 aromatic carbocycles. The van der Waals surface area contributed by atoms with E-state index in [9.17, 15) is 0 Å². The number of rotatable bonds is 7. The Labute approximate surface area is 110 Å². The van der Waals surface area contributed by atoms with Crippen LogP contribution in [0.2, 0.25) is 0 Å². The molecule has 1 heterocycles. The zero-order valence-electron chi connectivity index (χ0n) is 11.4. The highest BCUT2D eigenvalue weighted by Gasteiger charge is 2.12. The van der Waals surface area contributed by atoms with Crippen LogP contribution in [0.5, 0.6) is 11.5 Å². The van der Waals surface area contributed by atoms with E-state index in [0.29, 0.717) is 6.79 Å². The Kier molecular flexibility index (Phi) is 4.88. The zero-order valence-corrected chi connectivity index (χ0v) is 11.4. The zero-order chi connectivity index (χ0) is 12.8. The molecule has 0 aromatic heterocycles. The summed E-state index contributed by atoms with van der Waals surface area (Å²) in [7, 11) is 2.20. The van der Waals surface area contributed by atoms with Gasteiger partial charge in [0.2, 0.25) is 6.79 Å². The van der Waals surface area contributed by atoms with Crippen molar-refractivity contribution in [3.8, 4) is 11.5 Å². The summed E-state index contributed by atoms with van der Waals surface area (Å²) in [5, 5.41) is 0. The first-order chi connectivity index (χ1) is 8.79. The van der Waals surface area contributed by atoms with Gasteiger partial charge in [-0.05, 0) is 63.5 Å². The largest absolute Gasteiger partial charge is 0.454 e. The third kappa shape index (κ3) is 3.64. The van der Waals surface area contributed by atoms with Gasteiger partial charge in [0.05, 0.1) is 0 Å². The average molecular weight is 249 g/mol. The molecule has 18 heavy (non-hydrogen) atoms. The topological polar surface area (TPSA) is 21.7 Å². The first-order valence-electron chi connectivity index (χ1n) is 6.86. The summed E-state index contributed by atoms with van der Waals surface area (Å²) in [4.78, 5) is 2.40. The summed E-state index contributed by atoms with van der Waals surface area (Å²) < 4.78 is 10.7. The van der Waals surface area contributed by atoms with E-state index in [0.717, 1.165) is 17.9 Å². The molecular formula is C15H23NO2. The molecule has 0 atom stereocenters. The number of ether oxygens (including phenoxy) is 2. The fraction of sp³-hybridized carbons (Fsp3) is 0.600. The Bertz CT molecular complexity index is 379. The summed E-state index contributed by atoms with van der Waals surface area (Å²) in [5.41, 5.74) is 1.34. The molecule has 1 aromatic rings. The van der Waals surface area contributed by atoms with Crippen LogP contribution >= 0.6 is 0 Å². The summed E-state index contributed by atoms with van der Waals surface area (Å²) >= 11 is 0. The molecule has 0 spiro atoms. The molecule has 0 saturated heterocycles. The minimum Gasteiger partial charge on any atom is -0.454 e. The maximum Gasteiger partial charge on any atom is 0.231 e. The molecule has 2 rings (SSSR count). The van der Waals surface area contributed by atoms with Gasteiger partial charge in [-0.1, -0.05) is 13.0 Å². The Balaban J connectivity index is 1.70. The number of unbranched alkanes of at least 4 members (excludes halogenated alkanes) is 1. The van der Waals surface area contributed by atoms with Crippen LogP contribution in [0.15, 0.2) is 18.2 Å². The summed E-state index contributed by atoms with van der Waals surface area (Å²) in [6.07, 6.45) is 4.84. The number of fused-ring (bicyclic) bond motifs is 1. The molecule has 0 amide bonds. The van der Waals surface area contributed by atoms with Crippen LogP contribution in [0, 0.1) is 0 Å². The molecule has 0 unspecified atom stereocenters. The van der Waals surface area contributed by atoms with Crippen molar-refractivity contribution in [1.82, 2.24) is 4.90 Å². The van der Waals surface area contributed by atoms with Gasteiger partial charge < -0.3 is 14.4 Å². The van der Waals surface area contributed by atoms with Crippen molar-refractivity contribution in [2.24, 2.45) is 0 Å². The highest BCUT2D eigenvalue weighted by atomic mass is 16.7. The maximum atomic E-state index is 5.39. The highest BCUT2D eigenvalue weighted by molar-refractivity contribution is 5.44. The van der Waals surface area contributed by atoms with Gasteiger partial charge in [0.15, 0.2) is 11.5 Å². The smallest absolute Gasteiger partial charge is 0.231 e. The van der Waals surface area contributed by atoms with Crippen LogP contribution in [-0.4, -0.2) is 31.8 Å². The Morgan fingerprint density at radius 2 is 1.94 bits per heavy atom. The second-order valence-electron chi connectivity index (χ2n) is 4.95. The van der Waals surface area contributed by atoms with Gasteiger partial charge in [-0.2, -0.15) is 0 Å². The van der Waals surface area contributed by atoms with E-state index in [4.69, 9.17) is 9.47 Å². The quantitative estimate of drug-likeness (QED) is 0.693. The molecule has 1 aliphatic heterocycles. The Morgan fingerprint density at radius 3 is 2.78 bits per heavy atom. The normalized spacial score (nSPS) is 13.3. The molecule has 0 radical (unpaired) electrons. The van der Waals surface area contributed by atoms with Crippen molar-refractivity contribution in [2.45, 2.75) is 32.6 Å². The van der Waals surface area contributed by atoms with E-state index in [-0.39, 0.29) is 0 Å². The number of aryl methyl sites for hydroxylation is 1. The van der Waals surface area contributed by atoms with E-state index in [1.165, 1.54) is 37.9 Å². The van der Waals surface area contributed by atoms with Gasteiger partial charge in [-0.15, -0.1) is 0 Å². The predicted molar refractivity (Wildman–Crippen MR) is 73.3 cm³/mol. The van der Waals surface area contributed by atoms with Crippen molar-refractivity contribution < 1.29 is 9.47 Å². The SMILES string of the molecule is CCCN(C)CCCCc1ccc2c(c1)OCO2. The maximum absolute atomic E-state index is 5.39. The number of hydrogen-bond donors (Lipinski definition) is 0. The van der Waals surface area contributed by atoms with Crippen molar-refractivity contribution in [2.75, 3.05) is 26.9 Å². The minimum absolute atomic E-state index is 0.362. The second kappa shape index (κ2) is 6.64. The van der Waals surface area contributed by atoms with Crippen LogP contribution < -0.4 is 9.47 Å². The lowest BCUT2D eigenvalue weighted by Crippen LogP contribution is -2.20. The molecular weight excluding hydrogens is 226 g/mol. The van der Waals surface area contributed by atoms with Crippen LogP contribution in [0.4, 0.5) is 0 Å². The van der Waals surface area contributed by atoms with Gasteiger partial charge in [-0.25, -0.2) is 0 Å². The van der Waals surface area contributed by atoms with Gasteiger partial charge in [0.1, 0.15) is 0 Å². The molecule has 0 aliphatic carbocycles. The van der Waals surface area contributed by atoms with E-state index in [2.05, 4.69) is 31.0 Å². The Morgan fingerprint density at radius 1 is 1.11 bits per heavy atom. The first-order valence-corrected chi connectivity index (χ1v) is 6.86. The van der Waals surface area contributed by atoms with Crippen LogP contribution in [0.25, 0.3) is 0 Å². The average Bonchev–Trinajstić information content (AvgIpc) is 2.82. The molecule has 1 aliphatic rings.